The standard InChI is InChI=1S/C23H41N3O9/c1-13(19(30)31)24-17(28)14(11-16(27)34-22(5,6)7)25-18(29)15(12-33-21(2,3)4)26-20(32)35-23(8,9)10/h13-15H,11-12H2,1-10H3,(H,24,28)(H,25,29)(H,26,32)(H,30,31)/t13-,14-,15-/m0/s1. The van der Waals surface area contributed by atoms with Gasteiger partial charge in [-0.15, -0.1) is 0 Å². The van der Waals surface area contributed by atoms with Gasteiger partial charge in [-0.1, -0.05) is 0 Å². The summed E-state index contributed by atoms with van der Waals surface area (Å²) in [5, 5.41) is 16.1. The Hall–Kier alpha value is -2.89. The minimum atomic E-state index is -1.48. The summed E-state index contributed by atoms with van der Waals surface area (Å²) in [6, 6.07) is -4.04. The van der Waals surface area contributed by atoms with E-state index in [0.717, 1.165) is 0 Å². The van der Waals surface area contributed by atoms with Crippen molar-refractivity contribution in [2.75, 3.05) is 6.61 Å². The number of amides is 3. The van der Waals surface area contributed by atoms with Crippen LogP contribution in [0.1, 0.15) is 75.7 Å². The lowest BCUT2D eigenvalue weighted by Gasteiger charge is -2.28. The monoisotopic (exact) mass is 503 g/mol. The molecule has 0 saturated carbocycles. The predicted molar refractivity (Wildman–Crippen MR) is 126 cm³/mol. The topological polar surface area (TPSA) is 169 Å². The minimum absolute atomic E-state index is 0.263. The molecule has 0 unspecified atom stereocenters. The van der Waals surface area contributed by atoms with Crippen molar-refractivity contribution in [2.24, 2.45) is 0 Å². The molecule has 0 radical (unpaired) electrons. The Morgan fingerprint density at radius 2 is 1.20 bits per heavy atom. The van der Waals surface area contributed by atoms with E-state index in [1.165, 1.54) is 6.92 Å². The van der Waals surface area contributed by atoms with Gasteiger partial charge in [0.05, 0.1) is 18.6 Å². The highest BCUT2D eigenvalue weighted by atomic mass is 16.6. The Balaban J connectivity index is 5.76. The van der Waals surface area contributed by atoms with Crippen LogP contribution >= 0.6 is 0 Å². The molecule has 202 valence electrons. The predicted octanol–water partition coefficient (Wildman–Crippen LogP) is 1.50. The summed E-state index contributed by atoms with van der Waals surface area (Å²) in [6.07, 6.45) is -1.46. The second-order valence-electron chi connectivity index (χ2n) is 11.0. The van der Waals surface area contributed by atoms with Crippen LogP contribution in [0.5, 0.6) is 0 Å². The van der Waals surface area contributed by atoms with E-state index in [1.54, 1.807) is 62.3 Å². The van der Waals surface area contributed by atoms with E-state index in [4.69, 9.17) is 19.3 Å². The van der Waals surface area contributed by atoms with E-state index in [-0.39, 0.29) is 6.61 Å². The van der Waals surface area contributed by atoms with Crippen LogP contribution in [0.25, 0.3) is 0 Å². The molecule has 0 fully saturated rings. The maximum absolute atomic E-state index is 13.1. The number of aliphatic carboxylic acids is 1. The number of carboxylic acid groups (broad SMARTS) is 1. The normalized spacial score (nSPS) is 14.7. The molecule has 0 bridgehead atoms. The molecule has 0 aromatic carbocycles. The van der Waals surface area contributed by atoms with Crippen molar-refractivity contribution in [3.8, 4) is 0 Å². The van der Waals surface area contributed by atoms with Crippen LogP contribution in [0, 0.1) is 0 Å². The maximum atomic E-state index is 13.1. The number of hydrogen-bond acceptors (Lipinski definition) is 8. The molecule has 0 aliphatic heterocycles. The molecule has 0 heterocycles. The average molecular weight is 504 g/mol. The molecule has 12 nitrogen and oxygen atoms in total. The van der Waals surface area contributed by atoms with Gasteiger partial charge in [-0.25, -0.2) is 4.79 Å². The largest absolute Gasteiger partial charge is 0.480 e. The molecule has 12 heteroatoms. The summed E-state index contributed by atoms with van der Waals surface area (Å²) in [6.45, 7) is 16.1. The highest BCUT2D eigenvalue weighted by Crippen LogP contribution is 2.12. The Morgan fingerprint density at radius 1 is 0.714 bits per heavy atom. The van der Waals surface area contributed by atoms with Gasteiger partial charge in [0, 0.05) is 0 Å². The number of nitrogens with one attached hydrogen (secondary N) is 3. The first-order valence-electron chi connectivity index (χ1n) is 11.3. The SMILES string of the molecule is C[C@H](NC(=O)[C@H](CC(=O)OC(C)(C)C)NC(=O)[C@H](COC(C)(C)C)NC(=O)OC(C)(C)C)C(=O)O. The lowest BCUT2D eigenvalue weighted by atomic mass is 10.1. The van der Waals surface area contributed by atoms with E-state index < -0.39 is 71.2 Å². The van der Waals surface area contributed by atoms with Crippen LogP contribution < -0.4 is 16.0 Å². The third-order valence-corrected chi connectivity index (χ3v) is 3.84. The zero-order valence-corrected chi connectivity index (χ0v) is 22.4. The van der Waals surface area contributed by atoms with E-state index in [2.05, 4.69) is 16.0 Å². The zero-order chi connectivity index (χ0) is 27.8. The van der Waals surface area contributed by atoms with Crippen molar-refractivity contribution in [2.45, 2.75) is 111 Å². The molecule has 0 aromatic heterocycles. The van der Waals surface area contributed by atoms with Crippen molar-refractivity contribution in [1.82, 2.24) is 16.0 Å². The Bertz CT molecular complexity index is 777. The number of ether oxygens (including phenoxy) is 3. The maximum Gasteiger partial charge on any atom is 0.408 e. The number of hydrogen-bond donors (Lipinski definition) is 4. The molecule has 35 heavy (non-hydrogen) atoms. The first-order valence-corrected chi connectivity index (χ1v) is 11.3. The van der Waals surface area contributed by atoms with Gasteiger partial charge >= 0.3 is 18.0 Å². The second kappa shape index (κ2) is 12.7. The fourth-order valence-corrected chi connectivity index (χ4v) is 2.37. The van der Waals surface area contributed by atoms with Gasteiger partial charge in [0.25, 0.3) is 0 Å². The fourth-order valence-electron chi connectivity index (χ4n) is 2.37. The van der Waals surface area contributed by atoms with Crippen molar-refractivity contribution in [1.29, 1.82) is 0 Å². The summed E-state index contributed by atoms with van der Waals surface area (Å²) in [5.74, 6) is -3.84. The third-order valence-electron chi connectivity index (χ3n) is 3.84. The average Bonchev–Trinajstić information content (AvgIpc) is 2.60. The summed E-state index contributed by atoms with van der Waals surface area (Å²) in [7, 11) is 0. The van der Waals surface area contributed by atoms with Crippen molar-refractivity contribution in [3.63, 3.8) is 0 Å². The molecule has 0 aromatic rings. The van der Waals surface area contributed by atoms with Crippen molar-refractivity contribution < 1.29 is 43.3 Å². The Labute approximate surface area is 206 Å². The number of alkyl carbamates (subject to hydrolysis) is 1. The summed E-state index contributed by atoms with van der Waals surface area (Å²) in [4.78, 5) is 61.5. The number of carboxylic acids is 1. The van der Waals surface area contributed by atoms with Gasteiger partial charge in [-0.05, 0) is 69.2 Å². The van der Waals surface area contributed by atoms with Crippen LogP contribution in [0.4, 0.5) is 4.79 Å². The molecule has 0 rings (SSSR count). The quantitative estimate of drug-likeness (QED) is 0.323. The lowest BCUT2D eigenvalue weighted by Crippen LogP contribution is -2.57. The molecular formula is C23H41N3O9. The van der Waals surface area contributed by atoms with E-state index in [0.29, 0.717) is 0 Å². The summed E-state index contributed by atoms with van der Waals surface area (Å²) in [5.41, 5.74) is -2.34. The third kappa shape index (κ3) is 15.6. The van der Waals surface area contributed by atoms with Crippen molar-refractivity contribution in [3.05, 3.63) is 0 Å². The minimum Gasteiger partial charge on any atom is -0.480 e. The van der Waals surface area contributed by atoms with Gasteiger partial charge < -0.3 is 35.3 Å². The number of carbonyl (C=O) groups is 5. The highest BCUT2D eigenvalue weighted by Gasteiger charge is 2.33. The molecule has 3 atom stereocenters. The Morgan fingerprint density at radius 3 is 1.63 bits per heavy atom. The van der Waals surface area contributed by atoms with Gasteiger partial charge in [-0.3, -0.25) is 19.2 Å². The lowest BCUT2D eigenvalue weighted by molar-refractivity contribution is -0.156. The Kier molecular flexibility index (Phi) is 11.7. The van der Waals surface area contributed by atoms with Gasteiger partial charge in [0.1, 0.15) is 29.3 Å². The van der Waals surface area contributed by atoms with E-state index in [1.807, 2.05) is 0 Å². The molecule has 4 N–H and O–H groups in total. The number of rotatable bonds is 10. The van der Waals surface area contributed by atoms with Crippen LogP contribution in [0.15, 0.2) is 0 Å². The molecule has 3 amide bonds. The molecule has 0 aliphatic rings. The smallest absolute Gasteiger partial charge is 0.408 e. The van der Waals surface area contributed by atoms with Crippen LogP contribution in [-0.4, -0.2) is 76.5 Å². The molecule has 0 spiro atoms. The van der Waals surface area contributed by atoms with E-state index >= 15 is 0 Å². The van der Waals surface area contributed by atoms with E-state index in [9.17, 15) is 24.0 Å². The fraction of sp³-hybridized carbons (Fsp3) is 0.783. The number of esters is 1. The summed E-state index contributed by atoms with van der Waals surface area (Å²) < 4.78 is 16.0. The molecular weight excluding hydrogens is 462 g/mol. The first-order chi connectivity index (χ1) is 15.6. The van der Waals surface area contributed by atoms with Gasteiger partial charge in [0.2, 0.25) is 11.8 Å². The zero-order valence-electron chi connectivity index (χ0n) is 22.4. The van der Waals surface area contributed by atoms with Gasteiger partial charge in [-0.2, -0.15) is 0 Å². The summed E-state index contributed by atoms with van der Waals surface area (Å²) >= 11 is 0. The molecule has 0 aliphatic carbocycles. The van der Waals surface area contributed by atoms with Gasteiger partial charge in [0.15, 0.2) is 0 Å². The van der Waals surface area contributed by atoms with Crippen LogP contribution in [0.3, 0.4) is 0 Å². The van der Waals surface area contributed by atoms with Crippen LogP contribution in [0.2, 0.25) is 0 Å². The first kappa shape index (κ1) is 32.1. The van der Waals surface area contributed by atoms with Crippen LogP contribution in [-0.2, 0) is 33.4 Å². The highest BCUT2D eigenvalue weighted by molar-refractivity contribution is 5.95. The van der Waals surface area contributed by atoms with Crippen molar-refractivity contribution >= 4 is 29.8 Å². The second-order valence-corrected chi connectivity index (χ2v) is 11.0. The number of carbonyl (C=O) groups excluding carboxylic acids is 4. The molecule has 0 saturated heterocycles.